The number of nitrogens with one attached hydrogen (secondary N) is 3. The molecule has 0 unspecified atom stereocenters. The molecule has 0 spiro atoms. The number of hydrogen-bond acceptors (Lipinski definition) is 10. The van der Waals surface area contributed by atoms with Gasteiger partial charge in [-0.2, -0.15) is 0 Å². The molecule has 0 fully saturated rings. The molecule has 0 saturated heterocycles. The first-order valence-corrected chi connectivity index (χ1v) is 18.1. The number of rotatable bonds is 12. The summed E-state index contributed by atoms with van der Waals surface area (Å²) in [5.74, 6) is -0.101. The first-order valence-electron chi connectivity index (χ1n) is 13.9. The minimum Gasteiger partial charge on any atom is -0.456 e. The van der Waals surface area contributed by atoms with E-state index in [0.717, 1.165) is 12.5 Å². The Kier molecular flexibility index (Phi) is 9.71. The van der Waals surface area contributed by atoms with E-state index in [1.165, 1.54) is 34.0 Å². The fraction of sp³-hybridized carbons (Fsp3) is 0.333. The third kappa shape index (κ3) is 7.43. The van der Waals surface area contributed by atoms with Crippen LogP contribution < -0.4 is 20.7 Å². The summed E-state index contributed by atoms with van der Waals surface area (Å²) in [6.07, 6.45) is 5.23. The molecule has 0 aliphatic carbocycles. The van der Waals surface area contributed by atoms with Gasteiger partial charge in [0, 0.05) is 49.2 Å². The molecule has 0 bridgehead atoms. The second kappa shape index (κ2) is 12.9. The molecule has 2 aromatic carbocycles. The van der Waals surface area contributed by atoms with Gasteiger partial charge in [-0.05, 0) is 64.1 Å². The zero-order valence-electron chi connectivity index (χ0n) is 26.1. The van der Waals surface area contributed by atoms with Crippen LogP contribution >= 0.6 is 11.6 Å². The molecule has 0 aliphatic rings. The van der Waals surface area contributed by atoms with Crippen LogP contribution in [-0.4, -0.2) is 71.7 Å². The molecular weight excluding hydrogens is 656 g/mol. The summed E-state index contributed by atoms with van der Waals surface area (Å²) < 4.78 is 52.6. The zero-order chi connectivity index (χ0) is 34.1. The number of halogens is 1. The SMILES string of the molecule is CC(C)(C(=O)NCCn1ccc2ncnc(Nc3ccc(Oc4cccc(NC(=O)C(C)(C)S(C)(=O)=O)c4)c(Cl)c3)c21)S(C)(=O)=O. The topological polar surface area (TPSA) is 178 Å². The Morgan fingerprint density at radius 3 is 2.22 bits per heavy atom. The molecular formula is C30H35ClN6O7S2. The van der Waals surface area contributed by atoms with Crippen LogP contribution in [-0.2, 0) is 35.8 Å². The van der Waals surface area contributed by atoms with Crippen LogP contribution in [0.25, 0.3) is 11.0 Å². The Labute approximate surface area is 272 Å². The van der Waals surface area contributed by atoms with Crippen LogP contribution in [0.15, 0.2) is 61.1 Å². The molecule has 2 aromatic heterocycles. The van der Waals surface area contributed by atoms with Crippen molar-refractivity contribution < 1.29 is 31.2 Å². The summed E-state index contributed by atoms with van der Waals surface area (Å²) in [7, 11) is -7.25. The van der Waals surface area contributed by atoms with E-state index in [4.69, 9.17) is 16.3 Å². The van der Waals surface area contributed by atoms with E-state index < -0.39 is 41.0 Å². The van der Waals surface area contributed by atoms with Crippen LogP contribution in [0, 0.1) is 0 Å². The molecule has 46 heavy (non-hydrogen) atoms. The molecule has 4 rings (SSSR count). The molecule has 0 aliphatic heterocycles. The fourth-order valence-electron chi connectivity index (χ4n) is 3.99. The molecule has 0 radical (unpaired) electrons. The Morgan fingerprint density at radius 1 is 0.891 bits per heavy atom. The summed E-state index contributed by atoms with van der Waals surface area (Å²) in [6, 6.07) is 13.3. The van der Waals surface area contributed by atoms with Crippen LogP contribution in [0.4, 0.5) is 17.2 Å². The minimum atomic E-state index is -3.65. The smallest absolute Gasteiger partial charge is 0.245 e. The van der Waals surface area contributed by atoms with E-state index in [1.807, 2.05) is 4.57 Å². The highest BCUT2D eigenvalue weighted by molar-refractivity contribution is 7.93. The largest absolute Gasteiger partial charge is 0.456 e. The lowest BCUT2D eigenvalue weighted by atomic mass is 10.2. The molecule has 4 aromatic rings. The lowest BCUT2D eigenvalue weighted by Crippen LogP contribution is -2.48. The van der Waals surface area contributed by atoms with Crippen molar-refractivity contribution in [3.63, 3.8) is 0 Å². The van der Waals surface area contributed by atoms with Gasteiger partial charge in [-0.15, -0.1) is 0 Å². The highest BCUT2D eigenvalue weighted by Crippen LogP contribution is 2.34. The predicted octanol–water partition coefficient (Wildman–Crippen LogP) is 4.32. The van der Waals surface area contributed by atoms with Crippen LogP contribution in [0.3, 0.4) is 0 Å². The molecule has 16 heteroatoms. The maximum absolute atomic E-state index is 12.6. The van der Waals surface area contributed by atoms with Crippen molar-refractivity contribution in [1.82, 2.24) is 19.9 Å². The van der Waals surface area contributed by atoms with Crippen molar-refractivity contribution in [2.75, 3.05) is 29.7 Å². The van der Waals surface area contributed by atoms with Crippen molar-refractivity contribution >= 4 is 71.3 Å². The number of amides is 2. The van der Waals surface area contributed by atoms with E-state index in [9.17, 15) is 26.4 Å². The minimum absolute atomic E-state index is 0.175. The van der Waals surface area contributed by atoms with Crippen LogP contribution in [0.5, 0.6) is 11.5 Å². The first-order chi connectivity index (χ1) is 21.3. The van der Waals surface area contributed by atoms with Gasteiger partial charge in [0.15, 0.2) is 25.5 Å². The summed E-state index contributed by atoms with van der Waals surface area (Å²) in [4.78, 5) is 33.8. The average Bonchev–Trinajstić information content (AvgIpc) is 3.37. The fourth-order valence-corrected chi connectivity index (χ4v) is 5.01. The Morgan fingerprint density at radius 2 is 1.57 bits per heavy atom. The normalized spacial score (nSPS) is 12.5. The number of nitrogens with zero attached hydrogens (tertiary/aromatic N) is 3. The van der Waals surface area contributed by atoms with Gasteiger partial charge in [0.2, 0.25) is 11.8 Å². The van der Waals surface area contributed by atoms with Gasteiger partial charge in [-0.3, -0.25) is 9.59 Å². The maximum atomic E-state index is 12.6. The second-order valence-corrected chi connectivity index (χ2v) is 17.2. The van der Waals surface area contributed by atoms with Gasteiger partial charge in [0.1, 0.15) is 32.8 Å². The van der Waals surface area contributed by atoms with Crippen molar-refractivity contribution in [2.24, 2.45) is 0 Å². The highest BCUT2D eigenvalue weighted by Gasteiger charge is 2.39. The van der Waals surface area contributed by atoms with Crippen molar-refractivity contribution in [3.8, 4) is 11.5 Å². The number of carbonyl (C=O) groups excluding carboxylic acids is 2. The van der Waals surface area contributed by atoms with E-state index >= 15 is 0 Å². The van der Waals surface area contributed by atoms with Crippen molar-refractivity contribution in [3.05, 3.63) is 66.1 Å². The molecule has 3 N–H and O–H groups in total. The number of anilines is 3. The number of ether oxygens (including phenoxy) is 1. The summed E-state index contributed by atoms with van der Waals surface area (Å²) in [5, 5.41) is 8.80. The quantitative estimate of drug-likeness (QED) is 0.194. The lowest BCUT2D eigenvalue weighted by Gasteiger charge is -2.21. The first kappa shape index (κ1) is 34.7. The van der Waals surface area contributed by atoms with Crippen molar-refractivity contribution in [2.45, 2.75) is 43.7 Å². The third-order valence-electron chi connectivity index (χ3n) is 7.65. The average molecular weight is 691 g/mol. The molecule has 0 saturated carbocycles. The van der Waals surface area contributed by atoms with Crippen LogP contribution in [0.1, 0.15) is 27.7 Å². The summed E-state index contributed by atoms with van der Waals surface area (Å²) >= 11 is 6.55. The molecule has 2 amide bonds. The number of carbonyl (C=O) groups is 2. The Bertz CT molecular complexity index is 2030. The zero-order valence-corrected chi connectivity index (χ0v) is 28.5. The van der Waals surface area contributed by atoms with E-state index in [0.29, 0.717) is 46.3 Å². The number of aromatic nitrogens is 3. The highest BCUT2D eigenvalue weighted by atomic mass is 35.5. The number of benzene rings is 2. The molecule has 13 nitrogen and oxygen atoms in total. The van der Waals surface area contributed by atoms with Crippen molar-refractivity contribution in [1.29, 1.82) is 0 Å². The number of sulfone groups is 2. The van der Waals surface area contributed by atoms with E-state index in [-0.39, 0.29) is 11.6 Å². The van der Waals surface area contributed by atoms with Gasteiger partial charge in [0.05, 0.1) is 10.5 Å². The maximum Gasteiger partial charge on any atom is 0.245 e. The van der Waals surface area contributed by atoms with Crippen LogP contribution in [0.2, 0.25) is 5.02 Å². The monoisotopic (exact) mass is 690 g/mol. The third-order valence-corrected chi connectivity index (χ3v) is 12.0. The van der Waals surface area contributed by atoms with E-state index in [1.54, 1.807) is 54.7 Å². The predicted molar refractivity (Wildman–Crippen MR) is 178 cm³/mol. The van der Waals surface area contributed by atoms with Gasteiger partial charge < -0.3 is 25.3 Å². The van der Waals surface area contributed by atoms with Gasteiger partial charge >= 0.3 is 0 Å². The van der Waals surface area contributed by atoms with Gasteiger partial charge in [0.25, 0.3) is 0 Å². The number of fused-ring (bicyclic) bond motifs is 1. The molecule has 2 heterocycles. The molecule has 0 atom stereocenters. The van der Waals surface area contributed by atoms with Gasteiger partial charge in [-0.1, -0.05) is 17.7 Å². The Balaban J connectivity index is 1.47. The number of hydrogen-bond donors (Lipinski definition) is 3. The lowest BCUT2D eigenvalue weighted by molar-refractivity contribution is -0.123. The second-order valence-electron chi connectivity index (χ2n) is 11.6. The standard InChI is InChI=1S/C30H35ClN6O7S2/c1-29(2,45(5,40)41)27(38)32-13-15-37-14-12-23-25(37)26(34-18-33-23)35-20-10-11-24(22(31)17-20)44-21-9-7-8-19(16-21)36-28(39)30(3,4)46(6,42)43/h7-12,14,16-18H,13,15H2,1-6H3,(H,32,38)(H,36,39)(H,33,34,35). The Hall–Kier alpha value is -4.21. The van der Waals surface area contributed by atoms with E-state index in [2.05, 4.69) is 25.9 Å². The summed E-state index contributed by atoms with van der Waals surface area (Å²) in [5.41, 5.74) is 2.26. The molecule has 246 valence electrons. The summed E-state index contributed by atoms with van der Waals surface area (Å²) in [6.45, 7) is 5.90. The van der Waals surface area contributed by atoms with Gasteiger partial charge in [-0.25, -0.2) is 26.8 Å².